The van der Waals surface area contributed by atoms with Crippen LogP contribution in [0.4, 0.5) is 36.3 Å². The molecule has 40 heavy (non-hydrogen) atoms. The van der Waals surface area contributed by atoms with Gasteiger partial charge in [0.15, 0.2) is 0 Å². The standard InChI is InChI=1S/C28H40F3N7O2/c1-4-20-18-22(38-14-12-36(2)13-15-38)6-7-24(20)34-27-33-19-23(28(29,30)31)25(35-27)32-10-5-11-37(3)26(39)21-8-16-40-17-9-21/h6-7,18-19,21H,4-5,8-17H2,1-3H3,(H2,32,33,34,35). The Hall–Kier alpha value is -3.12. The van der Waals surface area contributed by atoms with Gasteiger partial charge in [-0.25, -0.2) is 4.98 Å². The van der Waals surface area contributed by atoms with Gasteiger partial charge in [-0.05, 0) is 56.5 Å². The van der Waals surface area contributed by atoms with Crippen molar-refractivity contribution in [3.63, 3.8) is 0 Å². The van der Waals surface area contributed by atoms with Crippen LogP contribution in [-0.2, 0) is 22.1 Å². The van der Waals surface area contributed by atoms with Crippen LogP contribution in [0.1, 0.15) is 37.3 Å². The summed E-state index contributed by atoms with van der Waals surface area (Å²) in [5, 5.41) is 5.94. The summed E-state index contributed by atoms with van der Waals surface area (Å²) in [6, 6.07) is 6.08. The third-order valence-corrected chi connectivity index (χ3v) is 7.59. The van der Waals surface area contributed by atoms with Crippen molar-refractivity contribution < 1.29 is 22.7 Å². The van der Waals surface area contributed by atoms with Crippen molar-refractivity contribution in [3.05, 3.63) is 35.5 Å². The lowest BCUT2D eigenvalue weighted by atomic mass is 9.99. The zero-order valence-electron chi connectivity index (χ0n) is 23.6. The van der Waals surface area contributed by atoms with Crippen LogP contribution in [0.15, 0.2) is 24.4 Å². The molecule has 0 spiro atoms. The summed E-state index contributed by atoms with van der Waals surface area (Å²) >= 11 is 0. The molecule has 2 aromatic rings. The van der Waals surface area contributed by atoms with Crippen LogP contribution in [0.3, 0.4) is 0 Å². The minimum atomic E-state index is -4.60. The van der Waals surface area contributed by atoms with E-state index in [1.807, 2.05) is 19.1 Å². The molecule has 0 atom stereocenters. The number of likely N-dealkylation sites (N-methyl/N-ethyl adjacent to an activating group) is 1. The number of halogens is 3. The van der Waals surface area contributed by atoms with Gasteiger partial charge in [-0.2, -0.15) is 18.2 Å². The van der Waals surface area contributed by atoms with E-state index in [0.717, 1.165) is 55.7 Å². The Labute approximate surface area is 234 Å². The molecule has 1 aromatic heterocycles. The molecule has 0 radical (unpaired) electrons. The average Bonchev–Trinajstić information content (AvgIpc) is 2.95. The van der Waals surface area contributed by atoms with Gasteiger partial charge in [0.1, 0.15) is 11.4 Å². The Kier molecular flexibility index (Phi) is 10.1. The van der Waals surface area contributed by atoms with Gasteiger partial charge in [-0.1, -0.05) is 6.92 Å². The summed E-state index contributed by atoms with van der Waals surface area (Å²) < 4.78 is 46.4. The summed E-state index contributed by atoms with van der Waals surface area (Å²) in [6.07, 6.45) is -1.17. The molecular formula is C28H40F3N7O2. The van der Waals surface area contributed by atoms with Crippen molar-refractivity contribution in [2.45, 2.75) is 38.8 Å². The monoisotopic (exact) mass is 563 g/mol. The third-order valence-electron chi connectivity index (χ3n) is 7.59. The van der Waals surface area contributed by atoms with Gasteiger partial charge in [0, 0.05) is 83.0 Å². The highest BCUT2D eigenvalue weighted by Gasteiger charge is 2.35. The van der Waals surface area contributed by atoms with Gasteiger partial charge in [-0.15, -0.1) is 0 Å². The number of alkyl halides is 3. The highest BCUT2D eigenvalue weighted by Crippen LogP contribution is 2.34. The SMILES string of the molecule is CCc1cc(N2CCN(C)CC2)ccc1Nc1ncc(C(F)(F)F)c(NCCCN(C)C(=O)C2CCOCC2)n1. The van der Waals surface area contributed by atoms with E-state index in [0.29, 0.717) is 39.0 Å². The molecule has 2 aliphatic rings. The fourth-order valence-corrected chi connectivity index (χ4v) is 5.05. The molecule has 220 valence electrons. The molecule has 12 heteroatoms. The second-order valence-electron chi connectivity index (χ2n) is 10.5. The van der Waals surface area contributed by atoms with Crippen LogP contribution >= 0.6 is 0 Å². The fraction of sp³-hybridized carbons (Fsp3) is 0.607. The number of aromatic nitrogens is 2. The zero-order chi connectivity index (χ0) is 28.7. The number of nitrogens with one attached hydrogen (secondary N) is 2. The normalized spacial score (nSPS) is 17.1. The van der Waals surface area contributed by atoms with E-state index in [1.165, 1.54) is 0 Å². The van der Waals surface area contributed by atoms with Crippen molar-refractivity contribution in [2.24, 2.45) is 5.92 Å². The molecule has 0 unspecified atom stereocenters. The van der Waals surface area contributed by atoms with Crippen LogP contribution in [0.5, 0.6) is 0 Å². The predicted molar refractivity (Wildman–Crippen MR) is 150 cm³/mol. The smallest absolute Gasteiger partial charge is 0.381 e. The van der Waals surface area contributed by atoms with E-state index in [9.17, 15) is 18.0 Å². The number of hydrogen-bond acceptors (Lipinski definition) is 8. The summed E-state index contributed by atoms with van der Waals surface area (Å²) in [4.78, 5) is 27.1. The number of amides is 1. The van der Waals surface area contributed by atoms with Gasteiger partial charge in [-0.3, -0.25) is 4.79 Å². The first-order valence-electron chi connectivity index (χ1n) is 14.0. The molecule has 4 rings (SSSR count). The maximum atomic E-state index is 13.7. The number of carbonyl (C=O) groups excluding carboxylic acids is 1. The number of aryl methyl sites for hydroxylation is 1. The fourth-order valence-electron chi connectivity index (χ4n) is 5.05. The van der Waals surface area contributed by atoms with Gasteiger partial charge in [0.05, 0.1) is 0 Å². The van der Waals surface area contributed by atoms with E-state index in [4.69, 9.17) is 4.74 Å². The summed E-state index contributed by atoms with van der Waals surface area (Å²) in [7, 11) is 3.84. The van der Waals surface area contributed by atoms with E-state index in [-0.39, 0.29) is 30.1 Å². The Balaban J connectivity index is 1.40. The number of benzene rings is 1. The number of anilines is 4. The molecular weight excluding hydrogens is 523 g/mol. The Morgan fingerprint density at radius 3 is 2.58 bits per heavy atom. The number of piperazine rings is 1. The van der Waals surface area contributed by atoms with E-state index in [1.54, 1.807) is 11.9 Å². The van der Waals surface area contributed by atoms with Crippen molar-refractivity contribution in [3.8, 4) is 0 Å². The first kappa shape index (κ1) is 29.9. The van der Waals surface area contributed by atoms with Crippen molar-refractivity contribution in [1.82, 2.24) is 19.8 Å². The van der Waals surface area contributed by atoms with Crippen molar-refractivity contribution in [1.29, 1.82) is 0 Å². The van der Waals surface area contributed by atoms with Crippen LogP contribution < -0.4 is 15.5 Å². The van der Waals surface area contributed by atoms with Gasteiger partial charge in [0.25, 0.3) is 0 Å². The molecule has 0 aliphatic carbocycles. The summed E-state index contributed by atoms with van der Waals surface area (Å²) in [5.74, 6) is -0.194. The summed E-state index contributed by atoms with van der Waals surface area (Å²) in [5.41, 5.74) is 2.00. The van der Waals surface area contributed by atoms with E-state index < -0.39 is 11.7 Å². The lowest BCUT2D eigenvalue weighted by molar-refractivity contribution is -0.137. The van der Waals surface area contributed by atoms with Crippen molar-refractivity contribution in [2.75, 3.05) is 82.1 Å². The van der Waals surface area contributed by atoms with Crippen molar-refractivity contribution >= 4 is 29.0 Å². The molecule has 9 nitrogen and oxygen atoms in total. The quantitative estimate of drug-likeness (QED) is 0.416. The zero-order valence-corrected chi connectivity index (χ0v) is 23.6. The molecule has 2 N–H and O–H groups in total. The molecule has 1 aromatic carbocycles. The lowest BCUT2D eigenvalue weighted by Gasteiger charge is -2.34. The maximum Gasteiger partial charge on any atom is 0.421 e. The van der Waals surface area contributed by atoms with Crippen LogP contribution in [0, 0.1) is 5.92 Å². The van der Waals surface area contributed by atoms with Gasteiger partial charge < -0.3 is 30.1 Å². The van der Waals surface area contributed by atoms with E-state index >= 15 is 0 Å². The second-order valence-corrected chi connectivity index (χ2v) is 10.5. The predicted octanol–water partition coefficient (Wildman–Crippen LogP) is 4.24. The molecule has 2 aliphatic heterocycles. The molecule has 0 saturated carbocycles. The Bertz CT molecular complexity index is 1130. The summed E-state index contributed by atoms with van der Waals surface area (Å²) in [6.45, 7) is 7.75. The van der Waals surface area contributed by atoms with Gasteiger partial charge in [0.2, 0.25) is 11.9 Å². The van der Waals surface area contributed by atoms with Gasteiger partial charge >= 0.3 is 6.18 Å². The molecule has 2 fully saturated rings. The molecule has 3 heterocycles. The maximum absolute atomic E-state index is 13.7. The molecule has 0 bridgehead atoms. The highest BCUT2D eigenvalue weighted by molar-refractivity contribution is 5.78. The largest absolute Gasteiger partial charge is 0.421 e. The number of nitrogens with zero attached hydrogens (tertiary/aromatic N) is 5. The molecule has 2 saturated heterocycles. The first-order valence-corrected chi connectivity index (χ1v) is 14.0. The minimum Gasteiger partial charge on any atom is -0.381 e. The Morgan fingerprint density at radius 2 is 1.90 bits per heavy atom. The lowest BCUT2D eigenvalue weighted by Crippen LogP contribution is -2.44. The number of rotatable bonds is 10. The van der Waals surface area contributed by atoms with Crippen LogP contribution in [-0.4, -0.2) is 92.3 Å². The number of carbonyl (C=O) groups is 1. The third kappa shape index (κ3) is 7.75. The first-order chi connectivity index (χ1) is 19.2. The minimum absolute atomic E-state index is 0.0531. The number of hydrogen-bond donors (Lipinski definition) is 2. The average molecular weight is 564 g/mol. The Morgan fingerprint density at radius 1 is 1.18 bits per heavy atom. The van der Waals surface area contributed by atoms with E-state index in [2.05, 4.69) is 43.5 Å². The second kappa shape index (κ2) is 13.5. The molecule has 1 amide bonds. The van der Waals surface area contributed by atoms with Crippen LogP contribution in [0.25, 0.3) is 0 Å². The topological polar surface area (TPSA) is 85.9 Å². The number of ether oxygens (including phenoxy) is 1. The van der Waals surface area contributed by atoms with Crippen LogP contribution in [0.2, 0.25) is 0 Å². The highest BCUT2D eigenvalue weighted by atomic mass is 19.4.